The topological polar surface area (TPSA) is 55.1 Å². The highest BCUT2D eigenvalue weighted by molar-refractivity contribution is 5.79. The van der Waals surface area contributed by atoms with Crippen molar-refractivity contribution in [3.63, 3.8) is 0 Å². The van der Waals surface area contributed by atoms with Crippen LogP contribution in [0.25, 0.3) is 0 Å². The summed E-state index contributed by atoms with van der Waals surface area (Å²) >= 11 is 0. The minimum atomic E-state index is -0.233. The Kier molecular flexibility index (Phi) is 9.59. The van der Waals surface area contributed by atoms with E-state index in [1.54, 1.807) is 0 Å². The van der Waals surface area contributed by atoms with Crippen molar-refractivity contribution in [1.29, 1.82) is 0 Å². The third-order valence-corrected chi connectivity index (χ3v) is 2.67. The molecule has 3 heteroatoms. The smallest absolute Gasteiger partial charge is 0.234 e. The molecule has 0 aromatic carbocycles. The summed E-state index contributed by atoms with van der Waals surface area (Å²) in [5.74, 6) is -0.233. The molecule has 1 atom stereocenters. The van der Waals surface area contributed by atoms with Gasteiger partial charge in [0.05, 0.1) is 6.04 Å². The normalized spacial score (nSPS) is 12.7. The number of primary amides is 1. The number of hydrogen-bond acceptors (Lipinski definition) is 2. The van der Waals surface area contributed by atoms with Crippen LogP contribution in [0.2, 0.25) is 0 Å². The van der Waals surface area contributed by atoms with Crippen LogP contribution in [0.3, 0.4) is 0 Å². The van der Waals surface area contributed by atoms with Gasteiger partial charge in [0.1, 0.15) is 0 Å². The fourth-order valence-electron chi connectivity index (χ4n) is 1.63. The van der Waals surface area contributed by atoms with Crippen LogP contribution in [-0.2, 0) is 4.79 Å². The average Bonchev–Trinajstić information content (AvgIpc) is 2.21. The molecule has 15 heavy (non-hydrogen) atoms. The lowest BCUT2D eigenvalue weighted by atomic mass is 10.1. The first-order valence-corrected chi connectivity index (χ1v) is 6.25. The Hall–Kier alpha value is -0.570. The largest absolute Gasteiger partial charge is 0.368 e. The maximum absolute atomic E-state index is 10.9. The summed E-state index contributed by atoms with van der Waals surface area (Å²) in [5, 5.41) is 3.19. The lowest BCUT2D eigenvalue weighted by molar-refractivity contribution is -0.120. The third-order valence-electron chi connectivity index (χ3n) is 2.67. The summed E-state index contributed by atoms with van der Waals surface area (Å²) in [7, 11) is 0. The summed E-state index contributed by atoms with van der Waals surface area (Å²) < 4.78 is 0. The van der Waals surface area contributed by atoms with Gasteiger partial charge in [-0.05, 0) is 19.4 Å². The van der Waals surface area contributed by atoms with Crippen molar-refractivity contribution >= 4 is 5.91 Å². The van der Waals surface area contributed by atoms with Crippen molar-refractivity contribution in [3.05, 3.63) is 0 Å². The summed E-state index contributed by atoms with van der Waals surface area (Å²) in [5.41, 5.74) is 5.23. The Morgan fingerprint density at radius 3 is 2.27 bits per heavy atom. The van der Waals surface area contributed by atoms with Crippen molar-refractivity contribution in [3.8, 4) is 0 Å². The molecule has 0 bridgehead atoms. The van der Waals surface area contributed by atoms with Gasteiger partial charge in [0, 0.05) is 0 Å². The molecule has 0 rings (SSSR count). The van der Waals surface area contributed by atoms with E-state index in [-0.39, 0.29) is 11.9 Å². The SMILES string of the molecule is CCCCCCCCNC(CC)C(N)=O. The molecule has 0 spiro atoms. The van der Waals surface area contributed by atoms with Gasteiger partial charge in [0.15, 0.2) is 0 Å². The molecule has 1 amide bonds. The van der Waals surface area contributed by atoms with Gasteiger partial charge in [-0.3, -0.25) is 4.79 Å². The lowest BCUT2D eigenvalue weighted by Crippen LogP contribution is -2.41. The maximum atomic E-state index is 10.9. The summed E-state index contributed by atoms with van der Waals surface area (Å²) in [4.78, 5) is 10.9. The second-order valence-corrected chi connectivity index (χ2v) is 4.09. The molecule has 0 aromatic heterocycles. The van der Waals surface area contributed by atoms with Gasteiger partial charge in [-0.2, -0.15) is 0 Å². The molecule has 0 saturated carbocycles. The molecular weight excluding hydrogens is 188 g/mol. The number of hydrogen-bond donors (Lipinski definition) is 2. The van der Waals surface area contributed by atoms with E-state index in [4.69, 9.17) is 5.73 Å². The summed E-state index contributed by atoms with van der Waals surface area (Å²) in [6.45, 7) is 5.11. The molecule has 0 aliphatic rings. The van der Waals surface area contributed by atoms with Gasteiger partial charge in [0.25, 0.3) is 0 Å². The van der Waals surface area contributed by atoms with Gasteiger partial charge in [0.2, 0.25) is 5.91 Å². The van der Waals surface area contributed by atoms with Crippen LogP contribution in [0.4, 0.5) is 0 Å². The Balaban J connectivity index is 3.25. The Labute approximate surface area is 93.8 Å². The van der Waals surface area contributed by atoms with Gasteiger partial charge in [-0.15, -0.1) is 0 Å². The molecular formula is C12H26N2O. The van der Waals surface area contributed by atoms with Crippen molar-refractivity contribution in [2.24, 2.45) is 5.73 Å². The number of carbonyl (C=O) groups is 1. The summed E-state index contributed by atoms with van der Waals surface area (Å²) in [6, 6.07) is -0.138. The van der Waals surface area contributed by atoms with E-state index >= 15 is 0 Å². The molecule has 3 N–H and O–H groups in total. The number of unbranched alkanes of at least 4 members (excludes halogenated alkanes) is 5. The van der Waals surface area contributed by atoms with E-state index in [0.717, 1.165) is 19.4 Å². The molecule has 0 aliphatic heterocycles. The molecule has 1 unspecified atom stereocenters. The van der Waals surface area contributed by atoms with Gasteiger partial charge < -0.3 is 11.1 Å². The third kappa shape index (κ3) is 8.43. The van der Waals surface area contributed by atoms with Crippen molar-refractivity contribution in [2.45, 2.75) is 64.8 Å². The second-order valence-electron chi connectivity index (χ2n) is 4.09. The Bertz CT molecular complexity index is 160. The monoisotopic (exact) mass is 214 g/mol. The lowest BCUT2D eigenvalue weighted by Gasteiger charge is -2.12. The first-order valence-electron chi connectivity index (χ1n) is 6.25. The fraction of sp³-hybridized carbons (Fsp3) is 0.917. The minimum Gasteiger partial charge on any atom is -0.368 e. The Morgan fingerprint density at radius 1 is 1.13 bits per heavy atom. The van der Waals surface area contributed by atoms with Crippen molar-refractivity contribution in [2.75, 3.05) is 6.54 Å². The molecule has 0 aliphatic carbocycles. The van der Waals surface area contributed by atoms with Crippen molar-refractivity contribution in [1.82, 2.24) is 5.32 Å². The zero-order valence-electron chi connectivity index (χ0n) is 10.2. The summed E-state index contributed by atoms with van der Waals surface area (Å²) in [6.07, 6.45) is 8.46. The first-order chi connectivity index (χ1) is 7.22. The fourth-order valence-corrected chi connectivity index (χ4v) is 1.63. The highest BCUT2D eigenvalue weighted by atomic mass is 16.1. The van der Waals surface area contributed by atoms with Crippen LogP contribution < -0.4 is 11.1 Å². The van der Waals surface area contributed by atoms with E-state index in [2.05, 4.69) is 12.2 Å². The van der Waals surface area contributed by atoms with E-state index in [1.165, 1.54) is 32.1 Å². The van der Waals surface area contributed by atoms with E-state index in [0.29, 0.717) is 0 Å². The predicted octanol–water partition coefficient (Wildman–Crippen LogP) is 2.20. The molecule has 0 aromatic rings. The molecule has 0 fully saturated rings. The first kappa shape index (κ1) is 14.4. The number of nitrogens with two attached hydrogens (primary N) is 1. The van der Waals surface area contributed by atoms with E-state index < -0.39 is 0 Å². The molecule has 0 saturated heterocycles. The molecule has 3 nitrogen and oxygen atoms in total. The zero-order valence-corrected chi connectivity index (χ0v) is 10.2. The van der Waals surface area contributed by atoms with Gasteiger partial charge in [-0.1, -0.05) is 46.0 Å². The van der Waals surface area contributed by atoms with Crippen LogP contribution >= 0.6 is 0 Å². The number of nitrogens with one attached hydrogen (secondary N) is 1. The average molecular weight is 214 g/mol. The second kappa shape index (κ2) is 9.97. The van der Waals surface area contributed by atoms with E-state index in [9.17, 15) is 4.79 Å². The van der Waals surface area contributed by atoms with Crippen LogP contribution in [-0.4, -0.2) is 18.5 Å². The Morgan fingerprint density at radius 2 is 1.73 bits per heavy atom. The van der Waals surface area contributed by atoms with Crippen LogP contribution in [0.15, 0.2) is 0 Å². The standard InChI is InChI=1S/C12H26N2O/c1-3-5-6-7-8-9-10-14-11(4-2)12(13)15/h11,14H,3-10H2,1-2H3,(H2,13,15). The van der Waals surface area contributed by atoms with Gasteiger partial charge in [-0.25, -0.2) is 0 Å². The number of carbonyl (C=O) groups excluding carboxylic acids is 1. The molecule has 0 heterocycles. The molecule has 90 valence electrons. The van der Waals surface area contributed by atoms with Crippen molar-refractivity contribution < 1.29 is 4.79 Å². The van der Waals surface area contributed by atoms with Crippen LogP contribution in [0.5, 0.6) is 0 Å². The van der Waals surface area contributed by atoms with Crippen LogP contribution in [0, 0.1) is 0 Å². The van der Waals surface area contributed by atoms with Gasteiger partial charge >= 0.3 is 0 Å². The maximum Gasteiger partial charge on any atom is 0.234 e. The highest BCUT2D eigenvalue weighted by Crippen LogP contribution is 2.04. The number of amides is 1. The van der Waals surface area contributed by atoms with E-state index in [1.807, 2.05) is 6.92 Å². The van der Waals surface area contributed by atoms with Crippen LogP contribution in [0.1, 0.15) is 58.8 Å². The predicted molar refractivity (Wildman–Crippen MR) is 64.7 cm³/mol. The quantitative estimate of drug-likeness (QED) is 0.548. The molecule has 0 radical (unpaired) electrons. The number of rotatable bonds is 10. The highest BCUT2D eigenvalue weighted by Gasteiger charge is 2.10. The minimum absolute atomic E-state index is 0.138. The zero-order chi connectivity index (χ0) is 11.5.